The zero-order valence-corrected chi connectivity index (χ0v) is 23.0. The maximum Gasteiger partial charge on any atom is 0.315 e. The monoisotopic (exact) mass is 537 g/mol. The van der Waals surface area contributed by atoms with Gasteiger partial charge in [-0.1, -0.05) is 12.1 Å². The van der Waals surface area contributed by atoms with Crippen molar-refractivity contribution in [2.24, 2.45) is 10.9 Å². The first kappa shape index (κ1) is 28.2. The van der Waals surface area contributed by atoms with Crippen LogP contribution in [0.4, 0.5) is 0 Å². The SMILES string of the molecule is CCOCCOC(=O)C1C(C)=NC2=C(C(=O)C[C@H](c3ccc(OC)c(OC)c3)C2)[C@H]1c1ccc(OC)c(O)c1. The van der Waals surface area contributed by atoms with Crippen LogP contribution in [0.15, 0.2) is 52.7 Å². The number of ether oxygens (including phenoxy) is 5. The number of hydrogen-bond donors (Lipinski definition) is 1. The lowest BCUT2D eigenvalue weighted by molar-refractivity contribution is -0.148. The second kappa shape index (κ2) is 12.3. The maximum absolute atomic E-state index is 13.8. The molecule has 2 aromatic rings. The van der Waals surface area contributed by atoms with Gasteiger partial charge in [0.1, 0.15) is 12.5 Å². The van der Waals surface area contributed by atoms with Gasteiger partial charge in [-0.05, 0) is 61.6 Å². The summed E-state index contributed by atoms with van der Waals surface area (Å²) in [5.74, 6) is -0.760. The number of allylic oxidation sites excluding steroid dienone is 2. The molecule has 0 saturated heterocycles. The van der Waals surface area contributed by atoms with Gasteiger partial charge in [0.25, 0.3) is 0 Å². The van der Waals surface area contributed by atoms with Crippen molar-refractivity contribution in [1.29, 1.82) is 0 Å². The van der Waals surface area contributed by atoms with Gasteiger partial charge < -0.3 is 28.8 Å². The molecule has 1 aliphatic carbocycles. The van der Waals surface area contributed by atoms with Crippen LogP contribution in [0.2, 0.25) is 0 Å². The molecule has 1 heterocycles. The van der Waals surface area contributed by atoms with E-state index in [1.54, 1.807) is 39.3 Å². The number of phenolic OH excluding ortho intramolecular Hbond substituents is 1. The Morgan fingerprint density at radius 1 is 0.949 bits per heavy atom. The molecule has 0 aromatic heterocycles. The molecule has 2 aliphatic rings. The molecular weight excluding hydrogens is 502 g/mol. The lowest BCUT2D eigenvalue weighted by Gasteiger charge is -2.36. The number of carbonyl (C=O) groups excluding carboxylic acids is 2. The number of nitrogens with zero attached hydrogens (tertiary/aromatic N) is 1. The number of aromatic hydroxyl groups is 1. The minimum absolute atomic E-state index is 0.0766. The predicted molar refractivity (Wildman–Crippen MR) is 145 cm³/mol. The molecule has 4 rings (SSSR count). The lowest BCUT2D eigenvalue weighted by atomic mass is 9.69. The van der Waals surface area contributed by atoms with Crippen molar-refractivity contribution in [3.63, 3.8) is 0 Å². The third-order valence-corrected chi connectivity index (χ3v) is 7.26. The summed E-state index contributed by atoms with van der Waals surface area (Å²) in [6.45, 7) is 4.53. The van der Waals surface area contributed by atoms with Crippen LogP contribution in [0, 0.1) is 5.92 Å². The smallest absolute Gasteiger partial charge is 0.315 e. The van der Waals surface area contributed by atoms with Gasteiger partial charge in [-0.3, -0.25) is 14.6 Å². The normalized spacial score (nSPS) is 20.7. The number of Topliss-reactive ketones (excluding diaryl/α,β-unsaturated/α-hetero) is 1. The number of benzene rings is 2. The number of phenols is 1. The van der Waals surface area contributed by atoms with Crippen molar-refractivity contribution in [3.8, 4) is 23.0 Å². The molecule has 0 amide bonds. The van der Waals surface area contributed by atoms with Gasteiger partial charge >= 0.3 is 5.97 Å². The van der Waals surface area contributed by atoms with Crippen LogP contribution in [-0.2, 0) is 19.1 Å². The molecule has 0 fully saturated rings. The van der Waals surface area contributed by atoms with Crippen LogP contribution < -0.4 is 14.2 Å². The van der Waals surface area contributed by atoms with E-state index in [-0.39, 0.29) is 37.1 Å². The Labute approximate surface area is 228 Å². The average molecular weight is 538 g/mol. The molecule has 0 saturated carbocycles. The molecule has 9 heteroatoms. The highest BCUT2D eigenvalue weighted by Crippen LogP contribution is 2.48. The largest absolute Gasteiger partial charge is 0.504 e. The second-order valence-corrected chi connectivity index (χ2v) is 9.51. The van der Waals surface area contributed by atoms with E-state index in [0.717, 1.165) is 5.56 Å². The number of esters is 1. The van der Waals surface area contributed by atoms with Crippen LogP contribution in [0.25, 0.3) is 0 Å². The topological polar surface area (TPSA) is 113 Å². The van der Waals surface area contributed by atoms with Gasteiger partial charge in [0.15, 0.2) is 28.8 Å². The Bertz CT molecular complexity index is 1300. The molecule has 0 bridgehead atoms. The average Bonchev–Trinajstić information content (AvgIpc) is 2.93. The minimum atomic E-state index is -0.820. The summed E-state index contributed by atoms with van der Waals surface area (Å²) in [4.78, 5) is 32.0. The fourth-order valence-corrected chi connectivity index (χ4v) is 5.40. The lowest BCUT2D eigenvalue weighted by Crippen LogP contribution is -2.38. The van der Waals surface area contributed by atoms with Gasteiger partial charge in [0.2, 0.25) is 0 Å². The highest BCUT2D eigenvalue weighted by molar-refractivity contribution is 6.09. The number of aliphatic imine (C=N–C) groups is 1. The fraction of sp³-hybridized carbons (Fsp3) is 0.433. The maximum atomic E-state index is 13.8. The van der Waals surface area contributed by atoms with Gasteiger partial charge in [-0.15, -0.1) is 0 Å². The van der Waals surface area contributed by atoms with E-state index in [0.29, 0.717) is 52.8 Å². The van der Waals surface area contributed by atoms with Crippen molar-refractivity contribution in [1.82, 2.24) is 0 Å². The molecule has 208 valence electrons. The van der Waals surface area contributed by atoms with E-state index in [4.69, 9.17) is 28.7 Å². The van der Waals surface area contributed by atoms with Crippen LogP contribution in [0.1, 0.15) is 49.7 Å². The van der Waals surface area contributed by atoms with Crippen LogP contribution >= 0.6 is 0 Å². The van der Waals surface area contributed by atoms with Crippen molar-refractivity contribution in [2.45, 2.75) is 38.5 Å². The summed E-state index contributed by atoms with van der Waals surface area (Å²) in [5, 5.41) is 10.5. The summed E-state index contributed by atoms with van der Waals surface area (Å²) < 4.78 is 26.9. The highest BCUT2D eigenvalue weighted by Gasteiger charge is 2.45. The standard InChI is InChI=1S/C30H35NO8/c1-6-38-11-12-39-30(34)27-17(2)31-21-13-20(18-7-10-25(36-4)26(16-18)37-5)15-23(33)29(21)28(27)19-8-9-24(35-3)22(32)14-19/h7-10,14,16,20,27-28,32H,6,11-13,15H2,1-5H3/t20-,27?,28+/m1/s1. The third-order valence-electron chi connectivity index (χ3n) is 7.26. The number of rotatable bonds is 10. The van der Waals surface area contributed by atoms with E-state index in [9.17, 15) is 14.7 Å². The summed E-state index contributed by atoms with van der Waals surface area (Å²) in [7, 11) is 4.61. The molecular formula is C30H35NO8. The molecule has 1 aliphatic heterocycles. The van der Waals surface area contributed by atoms with Crippen molar-refractivity contribution in [2.75, 3.05) is 41.2 Å². The Kier molecular flexibility index (Phi) is 8.91. The first-order valence-electron chi connectivity index (χ1n) is 13.0. The zero-order chi connectivity index (χ0) is 28.1. The van der Waals surface area contributed by atoms with Crippen molar-refractivity contribution >= 4 is 17.5 Å². The molecule has 3 atom stereocenters. The molecule has 9 nitrogen and oxygen atoms in total. The third kappa shape index (κ3) is 5.78. The fourth-order valence-electron chi connectivity index (χ4n) is 5.40. The van der Waals surface area contributed by atoms with Crippen LogP contribution in [-0.4, -0.2) is 63.7 Å². The van der Waals surface area contributed by atoms with E-state index in [1.807, 2.05) is 25.1 Å². The van der Waals surface area contributed by atoms with Gasteiger partial charge in [0.05, 0.1) is 27.9 Å². The van der Waals surface area contributed by atoms with E-state index < -0.39 is 17.8 Å². The number of ketones is 1. The Balaban J connectivity index is 1.74. The minimum Gasteiger partial charge on any atom is -0.504 e. The van der Waals surface area contributed by atoms with E-state index in [2.05, 4.69) is 0 Å². The Hall–Kier alpha value is -3.85. The van der Waals surface area contributed by atoms with E-state index >= 15 is 0 Å². The Morgan fingerprint density at radius 2 is 1.64 bits per heavy atom. The van der Waals surface area contributed by atoms with Crippen LogP contribution in [0.5, 0.6) is 23.0 Å². The number of carbonyl (C=O) groups is 2. The highest BCUT2D eigenvalue weighted by atomic mass is 16.6. The summed E-state index contributed by atoms with van der Waals surface area (Å²) in [6, 6.07) is 10.6. The summed E-state index contributed by atoms with van der Waals surface area (Å²) in [6.07, 6.45) is 0.756. The molecule has 2 aromatic carbocycles. The number of methoxy groups -OCH3 is 3. The van der Waals surface area contributed by atoms with Gasteiger partial charge in [-0.25, -0.2) is 0 Å². The van der Waals surface area contributed by atoms with Gasteiger partial charge in [0, 0.05) is 35.9 Å². The predicted octanol–water partition coefficient (Wildman–Crippen LogP) is 4.57. The van der Waals surface area contributed by atoms with Gasteiger partial charge in [-0.2, -0.15) is 0 Å². The van der Waals surface area contributed by atoms with Crippen molar-refractivity contribution < 1.29 is 38.4 Å². The van der Waals surface area contributed by atoms with Crippen molar-refractivity contribution in [3.05, 3.63) is 58.8 Å². The first-order chi connectivity index (χ1) is 18.8. The summed E-state index contributed by atoms with van der Waals surface area (Å²) in [5.41, 5.74) is 3.23. The molecule has 1 N–H and O–H groups in total. The first-order valence-corrected chi connectivity index (χ1v) is 13.0. The number of hydrogen-bond acceptors (Lipinski definition) is 9. The molecule has 39 heavy (non-hydrogen) atoms. The Morgan fingerprint density at radius 3 is 2.31 bits per heavy atom. The summed E-state index contributed by atoms with van der Waals surface area (Å²) >= 11 is 0. The quantitative estimate of drug-likeness (QED) is 0.346. The molecule has 0 radical (unpaired) electrons. The van der Waals surface area contributed by atoms with Crippen LogP contribution in [0.3, 0.4) is 0 Å². The molecule has 1 unspecified atom stereocenters. The second-order valence-electron chi connectivity index (χ2n) is 9.51. The molecule has 0 spiro atoms. The van der Waals surface area contributed by atoms with E-state index in [1.165, 1.54) is 7.11 Å². The zero-order valence-electron chi connectivity index (χ0n) is 23.0.